The molecule has 5 nitrogen and oxygen atoms in total. The molecule has 150 valence electrons. The van der Waals surface area contributed by atoms with Gasteiger partial charge in [0.05, 0.1) is 11.3 Å². The Morgan fingerprint density at radius 1 is 1.10 bits per heavy atom. The summed E-state index contributed by atoms with van der Waals surface area (Å²) in [6.07, 6.45) is 1.43. The van der Waals surface area contributed by atoms with E-state index < -0.39 is 11.7 Å². The molecule has 0 unspecified atom stereocenters. The lowest BCUT2D eigenvalue weighted by atomic mass is 10.0. The van der Waals surface area contributed by atoms with Crippen LogP contribution in [0.4, 0.5) is 14.6 Å². The Morgan fingerprint density at radius 2 is 1.83 bits per heavy atom. The maximum absolute atomic E-state index is 13.9. The van der Waals surface area contributed by atoms with Crippen LogP contribution in [0.1, 0.15) is 23.2 Å². The van der Waals surface area contributed by atoms with Crippen LogP contribution in [0.15, 0.2) is 48.5 Å². The van der Waals surface area contributed by atoms with E-state index in [2.05, 4.69) is 20.4 Å². The molecular formula is C21H19ClF2N4O. The molecule has 4 rings (SSSR count). The number of anilines is 1. The zero-order chi connectivity index (χ0) is 20.4. The van der Waals surface area contributed by atoms with Gasteiger partial charge in [-0.05, 0) is 60.9 Å². The number of aromatic amines is 1. The Morgan fingerprint density at radius 3 is 2.55 bits per heavy atom. The lowest BCUT2D eigenvalue weighted by Crippen LogP contribution is -2.45. The summed E-state index contributed by atoms with van der Waals surface area (Å²) in [5.41, 5.74) is 1.62. The maximum Gasteiger partial charge on any atom is 0.254 e. The highest BCUT2D eigenvalue weighted by atomic mass is 35.5. The number of aromatic nitrogens is 2. The first-order valence-corrected chi connectivity index (χ1v) is 9.69. The summed E-state index contributed by atoms with van der Waals surface area (Å²) < 4.78 is 26.9. The lowest BCUT2D eigenvalue weighted by molar-refractivity contribution is 0.0927. The van der Waals surface area contributed by atoms with Crippen molar-refractivity contribution in [3.63, 3.8) is 0 Å². The van der Waals surface area contributed by atoms with Crippen molar-refractivity contribution in [2.24, 2.45) is 0 Å². The summed E-state index contributed by atoms with van der Waals surface area (Å²) in [5, 5.41) is 10.5. The van der Waals surface area contributed by atoms with Crippen molar-refractivity contribution in [3.05, 3.63) is 70.8 Å². The number of benzene rings is 2. The number of hydrogen-bond donors (Lipinski definition) is 2. The number of amides is 1. The summed E-state index contributed by atoms with van der Waals surface area (Å²) in [7, 11) is 0. The Hall–Kier alpha value is -2.93. The highest BCUT2D eigenvalue weighted by Gasteiger charge is 2.24. The molecule has 1 aliphatic heterocycles. The fourth-order valence-corrected chi connectivity index (χ4v) is 3.61. The Bertz CT molecular complexity index is 1010. The van der Waals surface area contributed by atoms with Crippen LogP contribution >= 0.6 is 11.6 Å². The van der Waals surface area contributed by atoms with E-state index in [1.165, 1.54) is 30.3 Å². The van der Waals surface area contributed by atoms with Crippen LogP contribution in [0.3, 0.4) is 0 Å². The highest BCUT2D eigenvalue weighted by molar-refractivity contribution is 6.31. The van der Waals surface area contributed by atoms with Crippen LogP contribution in [0, 0.1) is 11.6 Å². The van der Waals surface area contributed by atoms with Crippen LogP contribution in [-0.2, 0) is 0 Å². The number of carbonyl (C=O) groups is 1. The summed E-state index contributed by atoms with van der Waals surface area (Å²) >= 11 is 5.86. The molecule has 0 saturated carbocycles. The number of piperidine rings is 1. The molecular weight excluding hydrogens is 398 g/mol. The normalized spacial score (nSPS) is 14.8. The standard InChI is InChI=1S/C21H19ClF2N4O/c22-14-3-6-18(24)17(11-14)21(29)25-16-7-9-28(10-8-16)20-12-19(26-27-20)13-1-4-15(23)5-2-13/h1-6,11-12,16H,7-10H2,(H,25,29)(H,26,27). The molecule has 2 heterocycles. The van der Waals surface area contributed by atoms with Crippen LogP contribution in [-0.4, -0.2) is 35.2 Å². The van der Waals surface area contributed by atoms with Crippen molar-refractivity contribution in [1.29, 1.82) is 0 Å². The first kappa shape index (κ1) is 19.4. The van der Waals surface area contributed by atoms with Gasteiger partial charge in [0.25, 0.3) is 5.91 Å². The second kappa shape index (κ2) is 8.21. The van der Waals surface area contributed by atoms with Gasteiger partial charge in [-0.25, -0.2) is 8.78 Å². The Labute approximate surface area is 171 Å². The Balaban J connectivity index is 1.35. The van der Waals surface area contributed by atoms with Crippen molar-refractivity contribution in [3.8, 4) is 11.3 Å². The molecule has 0 atom stereocenters. The molecule has 3 aromatic rings. The molecule has 8 heteroatoms. The highest BCUT2D eigenvalue weighted by Crippen LogP contribution is 2.24. The largest absolute Gasteiger partial charge is 0.355 e. The third kappa shape index (κ3) is 4.40. The molecule has 2 aromatic carbocycles. The SMILES string of the molecule is O=C(NC1CCN(c2cc(-c3ccc(F)cc3)[nH]n2)CC1)c1cc(Cl)ccc1F. The van der Waals surface area contributed by atoms with Crippen molar-refractivity contribution >= 4 is 23.3 Å². The van der Waals surface area contributed by atoms with E-state index in [-0.39, 0.29) is 17.4 Å². The van der Waals surface area contributed by atoms with Crippen molar-refractivity contribution in [2.45, 2.75) is 18.9 Å². The average Bonchev–Trinajstić information content (AvgIpc) is 3.21. The quantitative estimate of drug-likeness (QED) is 0.662. The van der Waals surface area contributed by atoms with Gasteiger partial charge in [0.1, 0.15) is 11.6 Å². The molecule has 2 N–H and O–H groups in total. The zero-order valence-corrected chi connectivity index (χ0v) is 16.2. The van der Waals surface area contributed by atoms with Gasteiger partial charge in [-0.15, -0.1) is 0 Å². The molecule has 0 spiro atoms. The second-order valence-electron chi connectivity index (χ2n) is 7.01. The number of carbonyl (C=O) groups excluding carboxylic acids is 1. The predicted molar refractivity (Wildman–Crippen MR) is 108 cm³/mol. The van der Waals surface area contributed by atoms with Gasteiger partial charge < -0.3 is 10.2 Å². The van der Waals surface area contributed by atoms with E-state index in [9.17, 15) is 13.6 Å². The van der Waals surface area contributed by atoms with Crippen LogP contribution in [0.25, 0.3) is 11.3 Å². The fourth-order valence-electron chi connectivity index (χ4n) is 3.44. The third-order valence-corrected chi connectivity index (χ3v) is 5.28. The predicted octanol–water partition coefficient (Wildman–Crippen LogP) is 4.41. The van der Waals surface area contributed by atoms with Gasteiger partial charge in [0.2, 0.25) is 0 Å². The molecule has 0 aliphatic carbocycles. The number of rotatable bonds is 4. The van der Waals surface area contributed by atoms with E-state index in [0.717, 1.165) is 17.1 Å². The molecule has 0 radical (unpaired) electrons. The number of H-pyrrole nitrogens is 1. The second-order valence-corrected chi connectivity index (χ2v) is 7.44. The first-order chi connectivity index (χ1) is 14.0. The van der Waals surface area contributed by atoms with E-state index in [1.54, 1.807) is 12.1 Å². The monoisotopic (exact) mass is 416 g/mol. The molecule has 1 amide bonds. The van der Waals surface area contributed by atoms with Gasteiger partial charge in [-0.2, -0.15) is 5.10 Å². The minimum Gasteiger partial charge on any atom is -0.355 e. The average molecular weight is 417 g/mol. The summed E-state index contributed by atoms with van der Waals surface area (Å²) in [6.45, 7) is 1.41. The van der Waals surface area contributed by atoms with E-state index in [1.807, 2.05) is 6.07 Å². The number of nitrogens with one attached hydrogen (secondary N) is 2. The van der Waals surface area contributed by atoms with Crippen LogP contribution in [0.2, 0.25) is 5.02 Å². The van der Waals surface area contributed by atoms with Crippen LogP contribution in [0.5, 0.6) is 0 Å². The summed E-state index contributed by atoms with van der Waals surface area (Å²) in [4.78, 5) is 14.5. The van der Waals surface area contributed by atoms with Gasteiger partial charge in [-0.1, -0.05) is 11.6 Å². The molecule has 1 aromatic heterocycles. The molecule has 0 bridgehead atoms. The van der Waals surface area contributed by atoms with E-state index in [4.69, 9.17) is 11.6 Å². The molecule has 1 aliphatic rings. The molecule has 1 saturated heterocycles. The van der Waals surface area contributed by atoms with Crippen molar-refractivity contribution in [1.82, 2.24) is 15.5 Å². The minimum absolute atomic E-state index is 0.0452. The Kier molecular flexibility index (Phi) is 5.49. The third-order valence-electron chi connectivity index (χ3n) is 5.05. The minimum atomic E-state index is -0.589. The molecule has 1 fully saturated rings. The van der Waals surface area contributed by atoms with E-state index in [0.29, 0.717) is 31.0 Å². The number of nitrogens with zero attached hydrogens (tertiary/aromatic N) is 2. The smallest absolute Gasteiger partial charge is 0.254 e. The van der Waals surface area contributed by atoms with Gasteiger partial charge in [-0.3, -0.25) is 9.89 Å². The van der Waals surface area contributed by atoms with Gasteiger partial charge in [0.15, 0.2) is 5.82 Å². The van der Waals surface area contributed by atoms with Gasteiger partial charge in [0, 0.05) is 30.2 Å². The van der Waals surface area contributed by atoms with Crippen LogP contribution < -0.4 is 10.2 Å². The fraction of sp³-hybridized carbons (Fsp3) is 0.238. The van der Waals surface area contributed by atoms with Crippen molar-refractivity contribution in [2.75, 3.05) is 18.0 Å². The number of hydrogen-bond acceptors (Lipinski definition) is 3. The summed E-state index contributed by atoms with van der Waals surface area (Å²) in [6, 6.07) is 12.0. The zero-order valence-electron chi connectivity index (χ0n) is 15.5. The van der Waals surface area contributed by atoms with Crippen molar-refractivity contribution < 1.29 is 13.6 Å². The molecule has 29 heavy (non-hydrogen) atoms. The first-order valence-electron chi connectivity index (χ1n) is 9.32. The summed E-state index contributed by atoms with van der Waals surface area (Å²) in [5.74, 6) is -0.527. The maximum atomic E-state index is 13.9. The topological polar surface area (TPSA) is 61.0 Å². The van der Waals surface area contributed by atoms with Gasteiger partial charge >= 0.3 is 0 Å². The van der Waals surface area contributed by atoms with E-state index >= 15 is 0 Å². The lowest BCUT2D eigenvalue weighted by Gasteiger charge is -2.32. The number of halogens is 3.